The van der Waals surface area contributed by atoms with Gasteiger partial charge >= 0.3 is 0 Å². The molecule has 3 aromatic carbocycles. The van der Waals surface area contributed by atoms with E-state index in [9.17, 15) is 29.8 Å². The highest BCUT2D eigenvalue weighted by atomic mass is 16.6. The lowest BCUT2D eigenvalue weighted by atomic mass is 10.0. The van der Waals surface area contributed by atoms with Crippen LogP contribution in [0.15, 0.2) is 78.9 Å². The van der Waals surface area contributed by atoms with E-state index < -0.39 is 39.2 Å². The highest BCUT2D eigenvalue weighted by Gasteiger charge is 2.57. The highest BCUT2D eigenvalue weighted by Crippen LogP contribution is 2.46. The van der Waals surface area contributed by atoms with Gasteiger partial charge in [0.05, 0.1) is 22.0 Å². The van der Waals surface area contributed by atoms with E-state index in [0.29, 0.717) is 5.56 Å². The van der Waals surface area contributed by atoms with E-state index in [-0.39, 0.29) is 11.3 Å². The van der Waals surface area contributed by atoms with Gasteiger partial charge in [-0.1, -0.05) is 60.7 Å². The Morgan fingerprint density at radius 1 is 0.806 bits per heavy atom. The van der Waals surface area contributed by atoms with Crippen LogP contribution in [0, 0.1) is 20.2 Å². The molecule has 1 fully saturated rings. The van der Waals surface area contributed by atoms with Crippen LogP contribution in [0.1, 0.15) is 32.3 Å². The first kappa shape index (κ1) is 19.9. The Hall–Kier alpha value is -4.40. The number of amides is 1. The molecule has 0 saturated carbocycles. The van der Waals surface area contributed by atoms with Gasteiger partial charge in [0.25, 0.3) is 17.3 Å². The number of Topliss-reactive ketones (excluding diaryl/α,β-unsaturated/α-hetero) is 1. The standard InChI is InChI=1S/C22H15N3O6/c26-21(15-9-5-2-6-10-15)20-19(14-7-3-1-4-8-14)23(20)22(27)17-12-11-16(24(28)29)13-18(17)25(30)31/h1-13,19-20H/t19-,20+,23?/m0/s1. The lowest BCUT2D eigenvalue weighted by Gasteiger charge is -2.06. The van der Waals surface area contributed by atoms with E-state index in [1.54, 1.807) is 60.7 Å². The maximum Gasteiger partial charge on any atom is 0.289 e. The summed E-state index contributed by atoms with van der Waals surface area (Å²) in [7, 11) is 0. The third kappa shape index (κ3) is 3.64. The molecular formula is C22H15N3O6. The molecule has 0 N–H and O–H groups in total. The first-order chi connectivity index (χ1) is 14.9. The van der Waals surface area contributed by atoms with E-state index in [4.69, 9.17) is 0 Å². The summed E-state index contributed by atoms with van der Waals surface area (Å²) in [6, 6.07) is 18.8. The fourth-order valence-electron chi connectivity index (χ4n) is 3.62. The minimum atomic E-state index is -0.838. The molecular weight excluding hydrogens is 402 g/mol. The molecule has 0 bridgehead atoms. The maximum absolute atomic E-state index is 13.2. The molecule has 3 aromatic rings. The summed E-state index contributed by atoms with van der Waals surface area (Å²) < 4.78 is 0. The minimum absolute atomic E-state index is 0.285. The fourth-order valence-corrected chi connectivity index (χ4v) is 3.62. The number of benzene rings is 3. The molecule has 31 heavy (non-hydrogen) atoms. The van der Waals surface area contributed by atoms with Crippen molar-refractivity contribution < 1.29 is 19.4 Å². The molecule has 0 radical (unpaired) electrons. The zero-order chi connectivity index (χ0) is 22.1. The monoisotopic (exact) mass is 417 g/mol. The first-order valence-electron chi connectivity index (χ1n) is 9.30. The van der Waals surface area contributed by atoms with Crippen molar-refractivity contribution >= 4 is 23.1 Å². The number of carbonyl (C=O) groups is 2. The topological polar surface area (TPSA) is 123 Å². The Kier molecular flexibility index (Phi) is 5.00. The van der Waals surface area contributed by atoms with Crippen molar-refractivity contribution in [2.45, 2.75) is 12.1 Å². The minimum Gasteiger partial charge on any atom is -0.316 e. The zero-order valence-electron chi connectivity index (χ0n) is 16.0. The highest BCUT2D eigenvalue weighted by molar-refractivity contribution is 6.10. The van der Waals surface area contributed by atoms with Gasteiger partial charge < -0.3 is 4.90 Å². The summed E-state index contributed by atoms with van der Waals surface area (Å²) in [5.74, 6) is -1.02. The fraction of sp³-hybridized carbons (Fsp3) is 0.0909. The van der Waals surface area contributed by atoms with Crippen LogP contribution in [0.4, 0.5) is 11.4 Å². The molecule has 0 aromatic heterocycles. The second kappa shape index (κ2) is 7.79. The van der Waals surface area contributed by atoms with Crippen LogP contribution in [-0.2, 0) is 0 Å². The number of rotatable bonds is 6. The third-order valence-corrected chi connectivity index (χ3v) is 5.13. The molecule has 1 heterocycles. The summed E-state index contributed by atoms with van der Waals surface area (Å²) in [5.41, 5.74) is -0.342. The van der Waals surface area contributed by atoms with Crippen LogP contribution in [0.3, 0.4) is 0 Å². The number of non-ortho nitro benzene ring substituents is 1. The number of ketones is 1. The number of nitro benzene ring substituents is 2. The number of nitro groups is 2. The van der Waals surface area contributed by atoms with Gasteiger partial charge in [-0.2, -0.15) is 0 Å². The predicted molar refractivity (Wildman–Crippen MR) is 110 cm³/mol. The normalized spacial score (nSPS) is 17.1. The Labute approximate surface area is 175 Å². The van der Waals surface area contributed by atoms with Gasteiger partial charge in [0, 0.05) is 11.6 Å². The van der Waals surface area contributed by atoms with Crippen LogP contribution < -0.4 is 0 Å². The van der Waals surface area contributed by atoms with Crippen molar-refractivity contribution in [3.63, 3.8) is 0 Å². The molecule has 9 nitrogen and oxygen atoms in total. The second-order valence-corrected chi connectivity index (χ2v) is 6.96. The Morgan fingerprint density at radius 3 is 2.00 bits per heavy atom. The lowest BCUT2D eigenvalue weighted by Crippen LogP contribution is -2.20. The molecule has 2 atom stereocenters. The van der Waals surface area contributed by atoms with Crippen LogP contribution >= 0.6 is 0 Å². The second-order valence-electron chi connectivity index (χ2n) is 6.96. The van der Waals surface area contributed by atoms with E-state index in [2.05, 4.69) is 0 Å². The van der Waals surface area contributed by atoms with Crippen molar-refractivity contribution in [1.29, 1.82) is 0 Å². The van der Waals surface area contributed by atoms with Gasteiger partial charge in [-0.15, -0.1) is 0 Å². The first-order valence-corrected chi connectivity index (χ1v) is 9.30. The molecule has 0 aliphatic carbocycles. The van der Waals surface area contributed by atoms with Gasteiger partial charge in [-0.3, -0.25) is 29.8 Å². The van der Waals surface area contributed by atoms with Crippen molar-refractivity contribution in [1.82, 2.24) is 4.90 Å². The van der Waals surface area contributed by atoms with Gasteiger partial charge in [0.1, 0.15) is 11.6 Å². The number of hydrogen-bond donors (Lipinski definition) is 0. The van der Waals surface area contributed by atoms with Crippen LogP contribution in [0.25, 0.3) is 0 Å². The molecule has 1 aliphatic rings. The number of carbonyl (C=O) groups excluding carboxylic acids is 2. The average Bonchev–Trinajstić information content (AvgIpc) is 3.54. The predicted octanol–water partition coefficient (Wildman–Crippen LogP) is 3.95. The summed E-state index contributed by atoms with van der Waals surface area (Å²) in [6.07, 6.45) is 0. The molecule has 154 valence electrons. The lowest BCUT2D eigenvalue weighted by molar-refractivity contribution is -0.394. The van der Waals surface area contributed by atoms with Crippen LogP contribution in [0.5, 0.6) is 0 Å². The quantitative estimate of drug-likeness (QED) is 0.259. The van der Waals surface area contributed by atoms with Crippen LogP contribution in [-0.4, -0.2) is 32.5 Å². The van der Waals surface area contributed by atoms with Gasteiger partial charge in [0.15, 0.2) is 5.78 Å². The smallest absolute Gasteiger partial charge is 0.289 e. The van der Waals surface area contributed by atoms with Gasteiger partial charge in [-0.05, 0) is 11.6 Å². The summed E-state index contributed by atoms with van der Waals surface area (Å²) >= 11 is 0. The van der Waals surface area contributed by atoms with Crippen molar-refractivity contribution in [2.75, 3.05) is 0 Å². The molecule has 0 spiro atoms. The molecule has 9 heteroatoms. The molecule has 1 aliphatic heterocycles. The van der Waals surface area contributed by atoms with Gasteiger partial charge in [0.2, 0.25) is 0 Å². The van der Waals surface area contributed by atoms with E-state index >= 15 is 0 Å². The van der Waals surface area contributed by atoms with E-state index in [0.717, 1.165) is 23.8 Å². The zero-order valence-corrected chi connectivity index (χ0v) is 16.0. The van der Waals surface area contributed by atoms with Crippen LogP contribution in [0.2, 0.25) is 0 Å². The Bertz CT molecular complexity index is 1200. The number of hydrogen-bond acceptors (Lipinski definition) is 6. The summed E-state index contributed by atoms with van der Waals surface area (Å²) in [4.78, 5) is 48.5. The average molecular weight is 417 g/mol. The SMILES string of the molecule is O=C(c1ccccc1)[C@H]1[C@H](c2ccccc2)N1C(=O)c1ccc([N+](=O)[O-])cc1[N+](=O)[O-]. The molecule has 1 amide bonds. The molecule has 1 saturated heterocycles. The third-order valence-electron chi connectivity index (χ3n) is 5.13. The van der Waals surface area contributed by atoms with Crippen molar-refractivity contribution in [3.05, 3.63) is 116 Å². The molecule has 0 unspecified atom stereocenters. The van der Waals surface area contributed by atoms with Crippen molar-refractivity contribution in [3.8, 4) is 0 Å². The number of nitrogens with zero attached hydrogens (tertiary/aromatic N) is 3. The Balaban J connectivity index is 1.74. The Morgan fingerprint density at radius 2 is 1.42 bits per heavy atom. The summed E-state index contributed by atoms with van der Waals surface area (Å²) in [6.45, 7) is 0. The van der Waals surface area contributed by atoms with E-state index in [1.807, 2.05) is 0 Å². The van der Waals surface area contributed by atoms with E-state index in [1.165, 1.54) is 4.90 Å². The molecule has 4 rings (SSSR count). The largest absolute Gasteiger partial charge is 0.316 e. The maximum atomic E-state index is 13.2. The van der Waals surface area contributed by atoms with Gasteiger partial charge in [-0.25, -0.2) is 0 Å². The van der Waals surface area contributed by atoms with Crippen molar-refractivity contribution in [2.24, 2.45) is 0 Å². The summed E-state index contributed by atoms with van der Waals surface area (Å²) in [5, 5.41) is 22.5.